The topological polar surface area (TPSA) is 35.2 Å². The summed E-state index contributed by atoms with van der Waals surface area (Å²) in [5.41, 5.74) is 5.86. The summed E-state index contributed by atoms with van der Waals surface area (Å²) in [5, 5.41) is 0. The molecule has 0 aliphatic heterocycles. The Morgan fingerprint density at radius 1 is 1.46 bits per heavy atom. The van der Waals surface area contributed by atoms with Gasteiger partial charge in [0.1, 0.15) is 5.75 Å². The van der Waals surface area contributed by atoms with E-state index in [0.717, 1.165) is 0 Å². The zero-order chi connectivity index (χ0) is 9.84. The molecule has 0 unspecified atom stereocenters. The van der Waals surface area contributed by atoms with Crippen LogP contribution >= 0.6 is 0 Å². The van der Waals surface area contributed by atoms with E-state index < -0.39 is 6.43 Å². The van der Waals surface area contributed by atoms with Crippen molar-refractivity contribution in [1.82, 2.24) is 0 Å². The molecule has 13 heavy (non-hydrogen) atoms. The smallest absolute Gasteiger partial charge is 0.267 e. The normalized spacial score (nSPS) is 10.5. The van der Waals surface area contributed by atoms with E-state index in [-0.39, 0.29) is 17.9 Å². The molecule has 0 heterocycles. The minimum Gasteiger partial charge on any atom is -0.496 e. The molecule has 0 amide bonds. The zero-order valence-corrected chi connectivity index (χ0v) is 7.26. The molecule has 1 aromatic rings. The van der Waals surface area contributed by atoms with Gasteiger partial charge in [0.05, 0.1) is 12.7 Å². The van der Waals surface area contributed by atoms with Crippen LogP contribution in [0.5, 0.6) is 5.75 Å². The van der Waals surface area contributed by atoms with Crippen molar-refractivity contribution in [2.45, 2.75) is 13.0 Å². The third kappa shape index (κ3) is 1.95. The lowest BCUT2D eigenvalue weighted by atomic mass is 10.1. The van der Waals surface area contributed by atoms with Crippen molar-refractivity contribution in [2.75, 3.05) is 7.11 Å². The summed E-state index contributed by atoms with van der Waals surface area (Å²) in [6, 6.07) is 4.56. The molecule has 72 valence electrons. The Labute approximate surface area is 75.3 Å². The molecule has 1 aromatic carbocycles. The van der Waals surface area contributed by atoms with E-state index in [1.165, 1.54) is 13.2 Å². The van der Waals surface area contributed by atoms with Crippen molar-refractivity contribution >= 4 is 0 Å². The predicted octanol–water partition coefficient (Wildman–Crippen LogP) is 2.09. The number of alkyl halides is 2. The molecule has 0 aliphatic carbocycles. The lowest BCUT2D eigenvalue weighted by Crippen LogP contribution is -2.02. The molecule has 2 N–H and O–H groups in total. The van der Waals surface area contributed by atoms with E-state index in [1.54, 1.807) is 12.1 Å². The maximum atomic E-state index is 12.4. The maximum Gasteiger partial charge on any atom is 0.267 e. The number of hydrogen-bond donors (Lipinski definition) is 1. The van der Waals surface area contributed by atoms with Crippen LogP contribution < -0.4 is 10.5 Å². The molecule has 1 rings (SSSR count). The second-order valence-electron chi connectivity index (χ2n) is 2.54. The zero-order valence-electron chi connectivity index (χ0n) is 7.26. The molecule has 0 spiro atoms. The van der Waals surface area contributed by atoms with Gasteiger partial charge < -0.3 is 10.5 Å². The standard InChI is InChI=1S/C9H11F2NO/c1-13-8-6(5-12)3-2-4-7(8)9(10)11/h2-4,9H,5,12H2,1H3. The Morgan fingerprint density at radius 3 is 2.62 bits per heavy atom. The van der Waals surface area contributed by atoms with Gasteiger partial charge in [0, 0.05) is 12.1 Å². The van der Waals surface area contributed by atoms with Crippen molar-refractivity contribution in [3.63, 3.8) is 0 Å². The average Bonchev–Trinajstić information content (AvgIpc) is 2.16. The summed E-state index contributed by atoms with van der Waals surface area (Å²) in [5.74, 6) is 0.194. The molecule has 0 atom stereocenters. The Balaban J connectivity index is 3.19. The molecule has 0 saturated carbocycles. The van der Waals surface area contributed by atoms with Gasteiger partial charge in [0.15, 0.2) is 0 Å². The fraction of sp³-hybridized carbons (Fsp3) is 0.333. The summed E-state index contributed by atoms with van der Waals surface area (Å²) >= 11 is 0. The number of ether oxygens (including phenoxy) is 1. The van der Waals surface area contributed by atoms with Gasteiger partial charge in [-0.15, -0.1) is 0 Å². The quantitative estimate of drug-likeness (QED) is 0.786. The Hall–Kier alpha value is -1.16. The first kappa shape index (κ1) is 9.92. The van der Waals surface area contributed by atoms with E-state index in [2.05, 4.69) is 0 Å². The van der Waals surface area contributed by atoms with Crippen molar-refractivity contribution in [2.24, 2.45) is 5.73 Å². The minimum absolute atomic E-state index is 0.106. The maximum absolute atomic E-state index is 12.4. The monoisotopic (exact) mass is 187 g/mol. The number of rotatable bonds is 3. The third-order valence-corrected chi connectivity index (χ3v) is 1.79. The van der Waals surface area contributed by atoms with Crippen LogP contribution in [0, 0.1) is 0 Å². The van der Waals surface area contributed by atoms with Crippen LogP contribution in [0.4, 0.5) is 8.78 Å². The molecule has 2 nitrogen and oxygen atoms in total. The highest BCUT2D eigenvalue weighted by atomic mass is 19.3. The molecule has 0 radical (unpaired) electrons. The third-order valence-electron chi connectivity index (χ3n) is 1.79. The first-order chi connectivity index (χ1) is 6.20. The van der Waals surface area contributed by atoms with Crippen LogP contribution in [0.3, 0.4) is 0 Å². The number of nitrogens with two attached hydrogens (primary N) is 1. The number of hydrogen-bond acceptors (Lipinski definition) is 2. The fourth-order valence-corrected chi connectivity index (χ4v) is 1.19. The van der Waals surface area contributed by atoms with Crippen molar-refractivity contribution in [3.8, 4) is 5.75 Å². The van der Waals surface area contributed by atoms with Gasteiger partial charge in [-0.1, -0.05) is 12.1 Å². The highest BCUT2D eigenvalue weighted by Crippen LogP contribution is 2.31. The van der Waals surface area contributed by atoms with Crippen LogP contribution in [-0.2, 0) is 6.54 Å². The Morgan fingerprint density at radius 2 is 2.15 bits per heavy atom. The highest BCUT2D eigenvalue weighted by Gasteiger charge is 2.15. The number of para-hydroxylation sites is 1. The first-order valence-corrected chi connectivity index (χ1v) is 3.84. The second-order valence-corrected chi connectivity index (χ2v) is 2.54. The minimum atomic E-state index is -2.53. The van der Waals surface area contributed by atoms with Crippen LogP contribution in [0.1, 0.15) is 17.6 Å². The fourth-order valence-electron chi connectivity index (χ4n) is 1.19. The average molecular weight is 187 g/mol. The van der Waals surface area contributed by atoms with Crippen molar-refractivity contribution < 1.29 is 13.5 Å². The van der Waals surface area contributed by atoms with Crippen molar-refractivity contribution in [1.29, 1.82) is 0 Å². The Bertz CT molecular complexity index is 289. The lowest BCUT2D eigenvalue weighted by molar-refractivity contribution is 0.147. The predicted molar refractivity (Wildman–Crippen MR) is 45.8 cm³/mol. The summed E-state index contributed by atoms with van der Waals surface area (Å²) in [4.78, 5) is 0. The molecule has 0 aromatic heterocycles. The van der Waals surface area contributed by atoms with Crippen LogP contribution in [-0.4, -0.2) is 7.11 Å². The molecular formula is C9H11F2NO. The van der Waals surface area contributed by atoms with E-state index in [9.17, 15) is 8.78 Å². The summed E-state index contributed by atoms with van der Waals surface area (Å²) in [6.07, 6.45) is -2.53. The van der Waals surface area contributed by atoms with E-state index in [0.29, 0.717) is 5.56 Å². The summed E-state index contributed by atoms with van der Waals surface area (Å²) in [7, 11) is 1.36. The first-order valence-electron chi connectivity index (χ1n) is 3.84. The second kappa shape index (κ2) is 4.18. The number of halogens is 2. The van der Waals surface area contributed by atoms with Gasteiger partial charge in [-0.2, -0.15) is 0 Å². The van der Waals surface area contributed by atoms with E-state index in [4.69, 9.17) is 10.5 Å². The van der Waals surface area contributed by atoms with Gasteiger partial charge in [0.2, 0.25) is 0 Å². The van der Waals surface area contributed by atoms with Gasteiger partial charge in [-0.05, 0) is 6.07 Å². The molecule has 0 bridgehead atoms. The van der Waals surface area contributed by atoms with Crippen LogP contribution in [0.15, 0.2) is 18.2 Å². The van der Waals surface area contributed by atoms with Gasteiger partial charge >= 0.3 is 0 Å². The molecule has 0 aliphatic rings. The number of benzene rings is 1. The molecule has 4 heteroatoms. The Kier molecular flexibility index (Phi) is 3.19. The van der Waals surface area contributed by atoms with Crippen LogP contribution in [0.2, 0.25) is 0 Å². The van der Waals surface area contributed by atoms with Gasteiger partial charge in [0.25, 0.3) is 6.43 Å². The molecule has 0 fully saturated rings. The van der Waals surface area contributed by atoms with E-state index in [1.807, 2.05) is 0 Å². The van der Waals surface area contributed by atoms with Crippen molar-refractivity contribution in [3.05, 3.63) is 29.3 Å². The number of methoxy groups -OCH3 is 1. The highest BCUT2D eigenvalue weighted by molar-refractivity contribution is 5.42. The van der Waals surface area contributed by atoms with Crippen LogP contribution in [0.25, 0.3) is 0 Å². The lowest BCUT2D eigenvalue weighted by Gasteiger charge is -2.11. The van der Waals surface area contributed by atoms with E-state index >= 15 is 0 Å². The SMILES string of the molecule is COc1c(CN)cccc1C(F)F. The van der Waals surface area contributed by atoms with Gasteiger partial charge in [-0.25, -0.2) is 8.78 Å². The molecule has 0 saturated heterocycles. The summed E-state index contributed by atoms with van der Waals surface area (Å²) in [6.45, 7) is 0.198. The largest absolute Gasteiger partial charge is 0.496 e. The summed E-state index contributed by atoms with van der Waals surface area (Å²) < 4.78 is 29.7. The van der Waals surface area contributed by atoms with Gasteiger partial charge in [-0.3, -0.25) is 0 Å². The molecular weight excluding hydrogens is 176 g/mol.